The molecule has 0 aromatic heterocycles. The molecule has 2 aromatic carbocycles. The van der Waals surface area contributed by atoms with E-state index in [1.807, 2.05) is 36.4 Å². The minimum Gasteiger partial charge on any atom is -0.494 e. The summed E-state index contributed by atoms with van der Waals surface area (Å²) in [6.07, 6.45) is 10.8. The van der Waals surface area contributed by atoms with E-state index in [2.05, 4.69) is 20.8 Å². The van der Waals surface area contributed by atoms with E-state index in [0.717, 1.165) is 80.6 Å². The SMILES string of the molecule is CCCCCOc1cccc(C(=O)CCc2cc(OCCCCC)cc(OC)c2OCCCCC)c1. The molecule has 200 valence electrons. The van der Waals surface area contributed by atoms with Crippen molar-refractivity contribution in [3.63, 3.8) is 0 Å². The second-order valence-corrected chi connectivity index (χ2v) is 9.23. The molecule has 0 aliphatic rings. The Labute approximate surface area is 218 Å². The Kier molecular flexibility index (Phi) is 14.5. The minimum atomic E-state index is 0.0826. The van der Waals surface area contributed by atoms with Gasteiger partial charge in [0.1, 0.15) is 11.5 Å². The Morgan fingerprint density at radius 1 is 0.722 bits per heavy atom. The maximum Gasteiger partial charge on any atom is 0.164 e. The Morgan fingerprint density at radius 3 is 1.94 bits per heavy atom. The molecule has 0 aliphatic carbocycles. The molecule has 0 heterocycles. The van der Waals surface area contributed by atoms with E-state index in [9.17, 15) is 4.79 Å². The van der Waals surface area contributed by atoms with Gasteiger partial charge in [-0.2, -0.15) is 0 Å². The second-order valence-electron chi connectivity index (χ2n) is 9.23. The van der Waals surface area contributed by atoms with Crippen LogP contribution in [0.1, 0.15) is 101 Å². The molecule has 0 atom stereocenters. The summed E-state index contributed by atoms with van der Waals surface area (Å²) >= 11 is 0. The van der Waals surface area contributed by atoms with Crippen LogP contribution in [0, 0.1) is 0 Å². The number of Topliss-reactive ketones (excluding diaryl/α,β-unsaturated/α-hetero) is 1. The van der Waals surface area contributed by atoms with E-state index in [0.29, 0.717) is 44.0 Å². The van der Waals surface area contributed by atoms with Gasteiger partial charge in [-0.05, 0) is 43.9 Å². The number of carbonyl (C=O) groups excluding carboxylic acids is 1. The highest BCUT2D eigenvalue weighted by molar-refractivity contribution is 5.96. The van der Waals surface area contributed by atoms with Gasteiger partial charge in [-0.3, -0.25) is 4.79 Å². The normalized spacial score (nSPS) is 10.8. The quantitative estimate of drug-likeness (QED) is 0.136. The van der Waals surface area contributed by atoms with Crippen LogP contribution < -0.4 is 18.9 Å². The molecule has 0 spiro atoms. The molecule has 0 fully saturated rings. The van der Waals surface area contributed by atoms with Crippen molar-refractivity contribution in [2.24, 2.45) is 0 Å². The summed E-state index contributed by atoms with van der Waals surface area (Å²) in [6, 6.07) is 11.4. The molecule has 2 rings (SSSR count). The third-order valence-electron chi connectivity index (χ3n) is 6.13. The van der Waals surface area contributed by atoms with Crippen LogP contribution in [0.15, 0.2) is 36.4 Å². The lowest BCUT2D eigenvalue weighted by Crippen LogP contribution is -2.07. The molecule has 36 heavy (non-hydrogen) atoms. The molecule has 0 aliphatic heterocycles. The van der Waals surface area contributed by atoms with Crippen molar-refractivity contribution in [3.05, 3.63) is 47.5 Å². The molecule has 0 saturated heterocycles. The van der Waals surface area contributed by atoms with E-state index in [-0.39, 0.29) is 5.78 Å². The highest BCUT2D eigenvalue weighted by atomic mass is 16.5. The lowest BCUT2D eigenvalue weighted by Gasteiger charge is -2.17. The average Bonchev–Trinajstić information content (AvgIpc) is 2.90. The fourth-order valence-electron chi connectivity index (χ4n) is 3.98. The molecule has 0 amide bonds. The Bertz CT molecular complexity index is 893. The van der Waals surface area contributed by atoms with Gasteiger partial charge in [0.05, 0.1) is 26.9 Å². The number of rotatable bonds is 20. The zero-order valence-corrected chi connectivity index (χ0v) is 22.9. The van der Waals surface area contributed by atoms with Crippen molar-refractivity contribution in [1.82, 2.24) is 0 Å². The van der Waals surface area contributed by atoms with Gasteiger partial charge in [-0.15, -0.1) is 0 Å². The summed E-state index contributed by atoms with van der Waals surface area (Å²) in [5, 5.41) is 0. The summed E-state index contributed by atoms with van der Waals surface area (Å²) in [5.74, 6) is 2.97. The predicted molar refractivity (Wildman–Crippen MR) is 147 cm³/mol. The first kappa shape index (κ1) is 29.5. The number of benzene rings is 2. The van der Waals surface area contributed by atoms with E-state index in [1.165, 1.54) is 0 Å². The number of hydrogen-bond donors (Lipinski definition) is 0. The highest BCUT2D eigenvalue weighted by Gasteiger charge is 2.17. The molecule has 5 heteroatoms. The number of methoxy groups -OCH3 is 1. The topological polar surface area (TPSA) is 54.0 Å². The van der Waals surface area contributed by atoms with Gasteiger partial charge in [0.25, 0.3) is 0 Å². The zero-order chi connectivity index (χ0) is 26.0. The maximum absolute atomic E-state index is 13.1. The monoisotopic (exact) mass is 498 g/mol. The van der Waals surface area contributed by atoms with Gasteiger partial charge in [-0.25, -0.2) is 0 Å². The highest BCUT2D eigenvalue weighted by Crippen LogP contribution is 2.37. The maximum atomic E-state index is 13.1. The molecular formula is C31H46O5. The van der Waals surface area contributed by atoms with Gasteiger partial charge < -0.3 is 18.9 Å². The van der Waals surface area contributed by atoms with E-state index < -0.39 is 0 Å². The number of ketones is 1. The first-order valence-electron chi connectivity index (χ1n) is 13.8. The van der Waals surface area contributed by atoms with Crippen LogP contribution in [0.2, 0.25) is 0 Å². The van der Waals surface area contributed by atoms with Gasteiger partial charge in [0, 0.05) is 23.6 Å². The molecule has 0 N–H and O–H groups in total. The minimum absolute atomic E-state index is 0.0826. The fourth-order valence-corrected chi connectivity index (χ4v) is 3.98. The second kappa shape index (κ2) is 17.7. The van der Waals surface area contributed by atoms with Crippen molar-refractivity contribution in [1.29, 1.82) is 0 Å². The fraction of sp³-hybridized carbons (Fsp3) is 0.581. The Balaban J connectivity index is 2.12. The van der Waals surface area contributed by atoms with E-state index >= 15 is 0 Å². The average molecular weight is 499 g/mol. The lowest BCUT2D eigenvalue weighted by molar-refractivity contribution is 0.0982. The zero-order valence-electron chi connectivity index (χ0n) is 22.9. The van der Waals surface area contributed by atoms with E-state index in [4.69, 9.17) is 18.9 Å². The van der Waals surface area contributed by atoms with Gasteiger partial charge in [-0.1, -0.05) is 71.4 Å². The first-order valence-corrected chi connectivity index (χ1v) is 13.8. The first-order chi connectivity index (χ1) is 17.6. The molecule has 2 aromatic rings. The van der Waals surface area contributed by atoms with E-state index in [1.54, 1.807) is 7.11 Å². The van der Waals surface area contributed by atoms with Crippen molar-refractivity contribution in [2.45, 2.75) is 91.4 Å². The van der Waals surface area contributed by atoms with Crippen LogP contribution >= 0.6 is 0 Å². The van der Waals surface area contributed by atoms with Crippen LogP contribution in [0.3, 0.4) is 0 Å². The summed E-state index contributed by atoms with van der Waals surface area (Å²) in [7, 11) is 1.65. The van der Waals surface area contributed by atoms with Gasteiger partial charge >= 0.3 is 0 Å². The molecule has 0 saturated carbocycles. The summed E-state index contributed by atoms with van der Waals surface area (Å²) in [5.41, 5.74) is 1.61. The Hall–Kier alpha value is -2.69. The smallest absolute Gasteiger partial charge is 0.164 e. The predicted octanol–water partition coefficient (Wildman–Crippen LogP) is 8.22. The van der Waals surface area contributed by atoms with Crippen molar-refractivity contribution < 1.29 is 23.7 Å². The van der Waals surface area contributed by atoms with Gasteiger partial charge in [0.15, 0.2) is 17.3 Å². The molecule has 0 bridgehead atoms. The van der Waals surface area contributed by atoms with Crippen molar-refractivity contribution in [3.8, 4) is 23.0 Å². The third kappa shape index (κ3) is 10.5. The van der Waals surface area contributed by atoms with Crippen LogP contribution in [0.4, 0.5) is 0 Å². The Morgan fingerprint density at radius 2 is 1.33 bits per heavy atom. The number of hydrogen-bond acceptors (Lipinski definition) is 5. The number of unbranched alkanes of at least 4 members (excludes halogenated alkanes) is 6. The van der Waals surface area contributed by atoms with Crippen molar-refractivity contribution in [2.75, 3.05) is 26.9 Å². The number of ether oxygens (including phenoxy) is 4. The largest absolute Gasteiger partial charge is 0.494 e. The lowest BCUT2D eigenvalue weighted by atomic mass is 10.0. The molecule has 0 unspecified atom stereocenters. The van der Waals surface area contributed by atoms with Gasteiger partial charge in [0.2, 0.25) is 0 Å². The standard InChI is InChI=1S/C31H46O5/c1-5-8-11-19-34-27-16-14-15-25(22-27)29(32)18-17-26-23-28(35-20-12-9-6-2)24-30(33-4)31(26)36-21-13-10-7-3/h14-16,22-24H,5-13,17-21H2,1-4H3. The number of aryl methyl sites for hydroxylation is 1. The summed E-state index contributed by atoms with van der Waals surface area (Å²) < 4.78 is 23.7. The van der Waals surface area contributed by atoms with Crippen LogP contribution in [-0.4, -0.2) is 32.7 Å². The van der Waals surface area contributed by atoms with Crippen LogP contribution in [0.25, 0.3) is 0 Å². The molecular weight excluding hydrogens is 452 g/mol. The molecule has 0 radical (unpaired) electrons. The molecule has 5 nitrogen and oxygen atoms in total. The van der Waals surface area contributed by atoms with Crippen molar-refractivity contribution >= 4 is 5.78 Å². The number of carbonyl (C=O) groups is 1. The third-order valence-corrected chi connectivity index (χ3v) is 6.13. The summed E-state index contributed by atoms with van der Waals surface area (Å²) in [6.45, 7) is 8.49. The summed E-state index contributed by atoms with van der Waals surface area (Å²) in [4.78, 5) is 13.1. The van der Waals surface area contributed by atoms with Crippen LogP contribution in [0.5, 0.6) is 23.0 Å². The van der Waals surface area contributed by atoms with Crippen LogP contribution in [-0.2, 0) is 6.42 Å².